The van der Waals surface area contributed by atoms with Crippen LogP contribution in [0.25, 0.3) is 11.1 Å². The Balaban J connectivity index is 1.24. The first-order chi connectivity index (χ1) is 29.4. The third-order valence-electron chi connectivity index (χ3n) is 13.7. The maximum absolute atomic E-state index is 2.76. The van der Waals surface area contributed by atoms with Gasteiger partial charge in [0.05, 0.1) is 0 Å². The van der Waals surface area contributed by atoms with Crippen LogP contribution in [0.5, 0.6) is 0 Å². The Bertz CT molecular complexity index is 2960. The number of fused-ring (bicyclic) bond motifs is 7. The van der Waals surface area contributed by atoms with E-state index in [0.717, 1.165) is 0 Å². The first-order valence-corrected chi connectivity index (χ1v) is 23.9. The highest BCUT2D eigenvalue weighted by atomic mass is 28.3. The van der Waals surface area contributed by atoms with E-state index in [-0.39, 0.29) is 17.5 Å². The first kappa shape index (κ1) is 37.6. The molecule has 0 aromatic heterocycles. The van der Waals surface area contributed by atoms with Crippen LogP contribution in [0.3, 0.4) is 0 Å². The second kappa shape index (κ2) is 13.6. The molecule has 3 heterocycles. The molecule has 0 saturated heterocycles. The predicted octanol–water partition coefficient (Wildman–Crippen LogP) is 10.0. The number of nitrogens with zero attached hydrogens (tertiary/aromatic N) is 2. The Labute approximate surface area is 363 Å². The zero-order valence-corrected chi connectivity index (χ0v) is 37.3. The van der Waals surface area contributed by atoms with Crippen molar-refractivity contribution in [3.8, 4) is 11.1 Å². The molecule has 3 aliphatic heterocycles. The van der Waals surface area contributed by atoms with Crippen molar-refractivity contribution in [1.82, 2.24) is 0 Å². The van der Waals surface area contributed by atoms with E-state index < -0.39 is 8.07 Å². The lowest BCUT2D eigenvalue weighted by Crippen LogP contribution is -2.73. The third kappa shape index (κ3) is 5.61. The number of para-hydroxylation sites is 1. The summed E-state index contributed by atoms with van der Waals surface area (Å²) in [5, 5.41) is 5.76. The summed E-state index contributed by atoms with van der Waals surface area (Å²) < 4.78 is 0. The molecule has 0 saturated carbocycles. The smallest absolute Gasteiger partial charge is 0.252 e. The molecule has 3 aliphatic rings. The van der Waals surface area contributed by atoms with Crippen molar-refractivity contribution < 1.29 is 0 Å². The van der Waals surface area contributed by atoms with Gasteiger partial charge in [-0.25, -0.2) is 0 Å². The van der Waals surface area contributed by atoms with E-state index in [0.29, 0.717) is 0 Å². The summed E-state index contributed by atoms with van der Waals surface area (Å²) in [7, 11) is -2.76. The van der Waals surface area contributed by atoms with Crippen LogP contribution in [0.15, 0.2) is 182 Å². The molecule has 0 amide bonds. The van der Waals surface area contributed by atoms with E-state index in [2.05, 4.69) is 240 Å². The number of benzene rings is 8. The van der Waals surface area contributed by atoms with E-state index in [1.807, 2.05) is 0 Å². The van der Waals surface area contributed by atoms with Crippen LogP contribution in [0.1, 0.15) is 58.2 Å². The fourth-order valence-electron chi connectivity index (χ4n) is 10.8. The first-order valence-electron chi connectivity index (χ1n) is 21.9. The highest BCUT2D eigenvalue weighted by Crippen LogP contribution is 2.46. The quantitative estimate of drug-likeness (QED) is 0.164. The van der Waals surface area contributed by atoms with Crippen molar-refractivity contribution in [3.63, 3.8) is 0 Å². The molecule has 0 bridgehead atoms. The molecule has 0 aliphatic carbocycles. The second-order valence-corrected chi connectivity index (χ2v) is 23.2. The van der Waals surface area contributed by atoms with Crippen molar-refractivity contribution in [2.45, 2.75) is 59.3 Å². The maximum Gasteiger partial charge on any atom is 0.252 e. The Morgan fingerprint density at radius 2 is 0.902 bits per heavy atom. The van der Waals surface area contributed by atoms with Crippen LogP contribution in [0.4, 0.5) is 34.1 Å². The van der Waals surface area contributed by atoms with Gasteiger partial charge in [-0.15, -0.1) is 0 Å². The average Bonchev–Trinajstić information content (AvgIpc) is 3.55. The third-order valence-corrected chi connectivity index (χ3v) is 18.5. The highest BCUT2D eigenvalue weighted by molar-refractivity contribution is 7.22. The molecule has 0 atom stereocenters. The number of anilines is 6. The monoisotopic (exact) mass is 802 g/mol. The number of aryl methyl sites for hydroxylation is 1. The standard InChI is InChI=1S/C57H51BN2Si/c1-38-34-51-55-52(35-38)60(42-32-28-40(29-33-42)57(5,6)7)50-37-54-46(45-22-14-17-25-53(45)61(54,43-18-10-8-11-19-43)44-20-12-9-13-21-44)36-48(50)58(55)47-23-15-16-24-49(47)59(51)41-30-26-39(27-31-41)56(2,3)4/h8-37H,1-7H3. The average molecular weight is 803 g/mol. The van der Waals surface area contributed by atoms with Gasteiger partial charge in [0, 0.05) is 34.1 Å². The van der Waals surface area contributed by atoms with Gasteiger partial charge in [-0.3, -0.25) is 0 Å². The SMILES string of the molecule is Cc1cc2c3c(c1)N(c1ccc(C(C)(C)C)cc1)c1cc4c(cc1B3c1ccccc1N2c1ccc(C(C)(C)C)cc1)-c1ccccc1[Si]4(c1ccccc1)c1ccccc1. The van der Waals surface area contributed by atoms with Crippen LogP contribution in [0, 0.1) is 6.92 Å². The molecule has 8 aromatic rings. The summed E-state index contributed by atoms with van der Waals surface area (Å²) in [6, 6.07) is 70.1. The lowest BCUT2D eigenvalue weighted by molar-refractivity contribution is 0.590. The van der Waals surface area contributed by atoms with Crippen LogP contribution < -0.4 is 46.9 Å². The van der Waals surface area contributed by atoms with Gasteiger partial charge in [-0.1, -0.05) is 175 Å². The van der Waals surface area contributed by atoms with Crippen molar-refractivity contribution >= 4 is 86.0 Å². The summed E-state index contributed by atoms with van der Waals surface area (Å²) in [6.45, 7) is 16.1. The van der Waals surface area contributed by atoms with Crippen molar-refractivity contribution in [2.75, 3.05) is 9.80 Å². The minimum Gasteiger partial charge on any atom is -0.311 e. The molecule has 0 radical (unpaired) electrons. The summed E-state index contributed by atoms with van der Waals surface area (Å²) in [5.41, 5.74) is 18.2. The topological polar surface area (TPSA) is 6.48 Å². The van der Waals surface area contributed by atoms with Crippen molar-refractivity contribution in [2.24, 2.45) is 0 Å². The number of hydrogen-bond acceptors (Lipinski definition) is 2. The second-order valence-electron chi connectivity index (χ2n) is 19.5. The van der Waals surface area contributed by atoms with Crippen LogP contribution >= 0.6 is 0 Å². The van der Waals surface area contributed by atoms with Gasteiger partial charge >= 0.3 is 0 Å². The summed E-state index contributed by atoms with van der Waals surface area (Å²) in [4.78, 5) is 5.14. The molecule has 2 nitrogen and oxygen atoms in total. The Morgan fingerprint density at radius 3 is 1.46 bits per heavy atom. The molecule has 296 valence electrons. The molecule has 0 unspecified atom stereocenters. The normalized spacial score (nSPS) is 14.5. The largest absolute Gasteiger partial charge is 0.311 e. The van der Waals surface area contributed by atoms with Gasteiger partial charge in [-0.2, -0.15) is 0 Å². The summed E-state index contributed by atoms with van der Waals surface area (Å²) in [6.07, 6.45) is 0. The maximum atomic E-state index is 2.64. The van der Waals surface area contributed by atoms with Gasteiger partial charge in [0.1, 0.15) is 0 Å². The Kier molecular flexibility index (Phi) is 8.37. The molecule has 0 N–H and O–H groups in total. The predicted molar refractivity (Wildman–Crippen MR) is 265 cm³/mol. The van der Waals surface area contributed by atoms with E-state index in [1.54, 1.807) is 0 Å². The lowest BCUT2D eigenvalue weighted by atomic mass is 9.33. The van der Waals surface area contributed by atoms with Crippen LogP contribution in [-0.4, -0.2) is 14.8 Å². The number of hydrogen-bond donors (Lipinski definition) is 0. The minimum atomic E-state index is -2.76. The zero-order valence-electron chi connectivity index (χ0n) is 36.3. The molecule has 61 heavy (non-hydrogen) atoms. The Morgan fingerprint density at radius 1 is 0.410 bits per heavy atom. The van der Waals surface area contributed by atoms with Gasteiger partial charge < -0.3 is 9.80 Å². The fourth-order valence-corrected chi connectivity index (χ4v) is 16.0. The summed E-state index contributed by atoms with van der Waals surface area (Å²) in [5.74, 6) is 0. The van der Waals surface area contributed by atoms with Gasteiger partial charge in [0.2, 0.25) is 0 Å². The number of rotatable bonds is 4. The highest BCUT2D eigenvalue weighted by Gasteiger charge is 2.51. The van der Waals surface area contributed by atoms with E-state index >= 15 is 0 Å². The Hall–Kier alpha value is -6.36. The molecule has 8 aromatic carbocycles. The van der Waals surface area contributed by atoms with E-state index in [4.69, 9.17) is 0 Å². The fraction of sp³-hybridized carbons (Fsp3) is 0.158. The summed E-state index contributed by atoms with van der Waals surface area (Å²) >= 11 is 0. The van der Waals surface area contributed by atoms with E-state index in [9.17, 15) is 0 Å². The minimum absolute atomic E-state index is 0.0366. The van der Waals surface area contributed by atoms with E-state index in [1.165, 1.54) is 99.1 Å². The molecule has 0 fully saturated rings. The van der Waals surface area contributed by atoms with Gasteiger partial charge in [-0.05, 0) is 131 Å². The van der Waals surface area contributed by atoms with Gasteiger partial charge in [0.15, 0.2) is 8.07 Å². The van der Waals surface area contributed by atoms with Gasteiger partial charge in [0.25, 0.3) is 6.71 Å². The molecule has 4 heteroatoms. The van der Waals surface area contributed by atoms with Crippen LogP contribution in [0.2, 0.25) is 0 Å². The molecule has 0 spiro atoms. The van der Waals surface area contributed by atoms with Crippen LogP contribution in [-0.2, 0) is 10.8 Å². The zero-order chi connectivity index (χ0) is 41.8. The molecular weight excluding hydrogens is 752 g/mol. The lowest BCUT2D eigenvalue weighted by Gasteiger charge is -2.45. The van der Waals surface area contributed by atoms with Crippen molar-refractivity contribution in [1.29, 1.82) is 0 Å². The molecular formula is C57H51BN2Si. The molecule has 11 rings (SSSR count). The van der Waals surface area contributed by atoms with Crippen molar-refractivity contribution in [3.05, 3.63) is 199 Å².